The van der Waals surface area contributed by atoms with E-state index < -0.39 is 0 Å². The molecule has 0 aromatic rings. The van der Waals surface area contributed by atoms with Gasteiger partial charge in [0.15, 0.2) is 0 Å². The maximum atomic E-state index is 4.30. The van der Waals surface area contributed by atoms with Crippen molar-refractivity contribution in [3.8, 4) is 0 Å². The highest BCUT2D eigenvalue weighted by Crippen LogP contribution is 2.29. The third kappa shape index (κ3) is 27.3. The SMILES string of the molecule is C=CC(CCCCCCCCCCCCCCCCCC)(CCCCCCCCCCCCCCCCCC)N(C)C. The average Bonchev–Trinajstić information content (AvgIpc) is 2.99. The summed E-state index contributed by atoms with van der Waals surface area (Å²) in [6.45, 7) is 8.91. The van der Waals surface area contributed by atoms with Gasteiger partial charge < -0.3 is 4.90 Å². The molecule has 0 saturated carbocycles. The number of unbranched alkanes of at least 4 members (excludes halogenated alkanes) is 30. The van der Waals surface area contributed by atoms with E-state index in [1.54, 1.807) is 0 Å². The molecular formula is C41H83N. The van der Waals surface area contributed by atoms with Gasteiger partial charge in [-0.05, 0) is 26.9 Å². The second-order valence-corrected chi connectivity index (χ2v) is 14.3. The molecule has 0 heterocycles. The Bertz CT molecular complexity index is 473. The summed E-state index contributed by atoms with van der Waals surface area (Å²) < 4.78 is 0. The first-order valence-corrected chi connectivity index (χ1v) is 19.9. The first kappa shape index (κ1) is 41.7. The Labute approximate surface area is 268 Å². The number of rotatable bonds is 36. The van der Waals surface area contributed by atoms with Crippen molar-refractivity contribution in [1.29, 1.82) is 0 Å². The van der Waals surface area contributed by atoms with Gasteiger partial charge in [0.1, 0.15) is 0 Å². The molecule has 1 heteroatoms. The van der Waals surface area contributed by atoms with E-state index >= 15 is 0 Å². The molecule has 0 amide bonds. The third-order valence-electron chi connectivity index (χ3n) is 10.2. The largest absolute Gasteiger partial charge is 0.300 e. The van der Waals surface area contributed by atoms with Crippen LogP contribution in [0.4, 0.5) is 0 Å². The summed E-state index contributed by atoms with van der Waals surface area (Å²) in [4.78, 5) is 2.47. The number of likely N-dealkylation sites (N-methyl/N-ethyl adjacent to an activating group) is 1. The van der Waals surface area contributed by atoms with Gasteiger partial charge >= 0.3 is 0 Å². The summed E-state index contributed by atoms with van der Waals surface area (Å²) in [5.41, 5.74) is 0.214. The van der Waals surface area contributed by atoms with Gasteiger partial charge in [0.05, 0.1) is 0 Å². The lowest BCUT2D eigenvalue weighted by Gasteiger charge is -2.38. The van der Waals surface area contributed by atoms with Gasteiger partial charge in [0, 0.05) is 5.54 Å². The van der Waals surface area contributed by atoms with Crippen molar-refractivity contribution >= 4 is 0 Å². The molecule has 252 valence electrons. The van der Waals surface area contributed by atoms with Crippen molar-refractivity contribution in [2.24, 2.45) is 0 Å². The molecule has 0 fully saturated rings. The van der Waals surface area contributed by atoms with Gasteiger partial charge in [-0.15, -0.1) is 6.58 Å². The molecule has 0 aromatic heterocycles. The van der Waals surface area contributed by atoms with Crippen LogP contribution in [0.15, 0.2) is 12.7 Å². The molecule has 0 aliphatic heterocycles. The first-order valence-electron chi connectivity index (χ1n) is 19.9. The van der Waals surface area contributed by atoms with E-state index in [1.165, 1.54) is 218 Å². The molecule has 0 spiro atoms. The van der Waals surface area contributed by atoms with E-state index in [9.17, 15) is 0 Å². The molecule has 0 radical (unpaired) electrons. The molecular weight excluding hydrogens is 506 g/mol. The molecule has 0 saturated heterocycles. The Hall–Kier alpha value is -0.300. The van der Waals surface area contributed by atoms with Crippen molar-refractivity contribution in [2.45, 2.75) is 238 Å². The fourth-order valence-electron chi connectivity index (χ4n) is 6.92. The van der Waals surface area contributed by atoms with E-state index in [1.807, 2.05) is 0 Å². The average molecular weight is 590 g/mol. The lowest BCUT2D eigenvalue weighted by molar-refractivity contribution is 0.171. The molecule has 0 bridgehead atoms. The van der Waals surface area contributed by atoms with Crippen molar-refractivity contribution in [3.05, 3.63) is 12.7 Å². The highest BCUT2D eigenvalue weighted by Gasteiger charge is 2.27. The van der Waals surface area contributed by atoms with Crippen LogP contribution in [0.5, 0.6) is 0 Å². The molecule has 0 N–H and O–H groups in total. The highest BCUT2D eigenvalue weighted by atomic mass is 15.1. The highest BCUT2D eigenvalue weighted by molar-refractivity contribution is 5.02. The van der Waals surface area contributed by atoms with Crippen molar-refractivity contribution in [2.75, 3.05) is 14.1 Å². The van der Waals surface area contributed by atoms with Gasteiger partial charge in [-0.1, -0.05) is 225 Å². The zero-order valence-corrected chi connectivity index (χ0v) is 30.3. The summed E-state index contributed by atoms with van der Waals surface area (Å²) in [6, 6.07) is 0. The minimum atomic E-state index is 0.214. The van der Waals surface area contributed by atoms with E-state index in [0.717, 1.165) is 0 Å². The fraction of sp³-hybridized carbons (Fsp3) is 0.951. The smallest absolute Gasteiger partial charge is 0.0382 e. The van der Waals surface area contributed by atoms with E-state index in [0.29, 0.717) is 0 Å². The predicted molar refractivity (Wildman–Crippen MR) is 195 cm³/mol. The molecule has 1 nitrogen and oxygen atoms in total. The summed E-state index contributed by atoms with van der Waals surface area (Å²) >= 11 is 0. The number of hydrogen-bond donors (Lipinski definition) is 0. The summed E-state index contributed by atoms with van der Waals surface area (Å²) in [5, 5.41) is 0. The van der Waals surface area contributed by atoms with Crippen LogP contribution in [0.25, 0.3) is 0 Å². The van der Waals surface area contributed by atoms with Crippen LogP contribution in [0.3, 0.4) is 0 Å². The van der Waals surface area contributed by atoms with Crippen molar-refractivity contribution in [1.82, 2.24) is 4.90 Å². The van der Waals surface area contributed by atoms with Crippen molar-refractivity contribution in [3.63, 3.8) is 0 Å². The van der Waals surface area contributed by atoms with E-state index in [4.69, 9.17) is 0 Å². The van der Waals surface area contributed by atoms with E-state index in [-0.39, 0.29) is 5.54 Å². The lowest BCUT2D eigenvalue weighted by atomic mass is 9.85. The van der Waals surface area contributed by atoms with Gasteiger partial charge in [0.2, 0.25) is 0 Å². The Morgan fingerprint density at radius 2 is 0.548 bits per heavy atom. The molecule has 0 aliphatic carbocycles. The zero-order valence-electron chi connectivity index (χ0n) is 30.3. The van der Waals surface area contributed by atoms with Gasteiger partial charge in [0.25, 0.3) is 0 Å². The topological polar surface area (TPSA) is 3.24 Å². The molecule has 0 aliphatic rings. The Balaban J connectivity index is 3.63. The summed E-state index contributed by atoms with van der Waals surface area (Å²) in [6.07, 6.45) is 51.1. The van der Waals surface area contributed by atoms with Gasteiger partial charge in [-0.2, -0.15) is 0 Å². The Morgan fingerprint density at radius 3 is 0.714 bits per heavy atom. The number of nitrogens with zero attached hydrogens (tertiary/aromatic N) is 1. The summed E-state index contributed by atoms with van der Waals surface area (Å²) in [5.74, 6) is 0. The quantitative estimate of drug-likeness (QED) is 0.0519. The zero-order chi connectivity index (χ0) is 30.8. The van der Waals surface area contributed by atoms with E-state index in [2.05, 4.69) is 45.5 Å². The van der Waals surface area contributed by atoms with Crippen LogP contribution >= 0.6 is 0 Å². The molecule has 0 rings (SSSR count). The van der Waals surface area contributed by atoms with Crippen LogP contribution in [0.2, 0.25) is 0 Å². The normalized spacial score (nSPS) is 12.0. The standard InChI is InChI=1S/C41H83N/c1-6-9-11-13-15-17-19-21-23-25-27-29-31-33-35-37-39-41(8-3,42(4)5)40-38-36-34-32-30-28-26-24-22-20-18-16-14-12-10-7-2/h8H,3,6-7,9-40H2,1-2,4-5H3. The van der Waals surface area contributed by atoms with Gasteiger partial charge in [-0.3, -0.25) is 0 Å². The van der Waals surface area contributed by atoms with Crippen molar-refractivity contribution < 1.29 is 0 Å². The predicted octanol–water partition coefficient (Wildman–Crippen LogP) is 14.8. The minimum Gasteiger partial charge on any atom is -0.300 e. The Kier molecular flexibility index (Phi) is 33.4. The molecule has 0 atom stereocenters. The third-order valence-corrected chi connectivity index (χ3v) is 10.2. The van der Waals surface area contributed by atoms with Gasteiger partial charge in [-0.25, -0.2) is 0 Å². The Morgan fingerprint density at radius 1 is 0.357 bits per heavy atom. The lowest BCUT2D eigenvalue weighted by Crippen LogP contribution is -2.42. The maximum absolute atomic E-state index is 4.30. The monoisotopic (exact) mass is 590 g/mol. The van der Waals surface area contributed by atoms with Crippen LogP contribution in [-0.2, 0) is 0 Å². The molecule has 0 aromatic carbocycles. The second-order valence-electron chi connectivity index (χ2n) is 14.3. The molecule has 0 unspecified atom stereocenters. The van der Waals surface area contributed by atoms with Crippen LogP contribution in [0, 0.1) is 0 Å². The minimum absolute atomic E-state index is 0.214. The van der Waals surface area contributed by atoms with Crippen LogP contribution in [0.1, 0.15) is 232 Å². The van der Waals surface area contributed by atoms with Crippen LogP contribution in [-0.4, -0.2) is 24.5 Å². The molecule has 42 heavy (non-hydrogen) atoms. The fourth-order valence-corrected chi connectivity index (χ4v) is 6.92. The van der Waals surface area contributed by atoms with Crippen LogP contribution < -0.4 is 0 Å². The first-order chi connectivity index (χ1) is 20.6. The number of hydrogen-bond acceptors (Lipinski definition) is 1. The maximum Gasteiger partial charge on any atom is 0.0382 e. The summed E-state index contributed by atoms with van der Waals surface area (Å²) in [7, 11) is 4.56. The second kappa shape index (κ2) is 33.6.